The highest BCUT2D eigenvalue weighted by molar-refractivity contribution is 7.89. The second kappa shape index (κ2) is 9.27. The fourth-order valence-electron chi connectivity index (χ4n) is 3.45. The number of sulfonamides is 1. The minimum Gasteiger partial charge on any atom is -0.494 e. The number of piperazine rings is 1. The summed E-state index contributed by atoms with van der Waals surface area (Å²) in [4.78, 5) is 14.7. The molecular formula is C20H23N5O4S2. The van der Waals surface area contributed by atoms with Gasteiger partial charge in [0, 0.05) is 26.2 Å². The Hall–Kier alpha value is -2.60. The van der Waals surface area contributed by atoms with Gasteiger partial charge in [-0.3, -0.25) is 9.69 Å². The molecule has 0 atom stereocenters. The zero-order valence-electron chi connectivity index (χ0n) is 17.0. The van der Waals surface area contributed by atoms with Crippen molar-refractivity contribution in [2.45, 2.75) is 11.8 Å². The molecule has 1 N–H and O–H groups in total. The van der Waals surface area contributed by atoms with Gasteiger partial charge in [-0.25, -0.2) is 8.42 Å². The summed E-state index contributed by atoms with van der Waals surface area (Å²) in [7, 11) is -3.58. The van der Waals surface area contributed by atoms with Gasteiger partial charge in [0.25, 0.3) is 0 Å². The van der Waals surface area contributed by atoms with Crippen LogP contribution in [0.3, 0.4) is 0 Å². The summed E-state index contributed by atoms with van der Waals surface area (Å²) in [5, 5.41) is 2.88. The van der Waals surface area contributed by atoms with E-state index in [1.807, 2.05) is 24.0 Å². The molecule has 0 spiro atoms. The van der Waals surface area contributed by atoms with Gasteiger partial charge in [-0.1, -0.05) is 6.07 Å². The van der Waals surface area contributed by atoms with Gasteiger partial charge >= 0.3 is 0 Å². The molecule has 2 aromatic carbocycles. The number of ether oxygens (including phenoxy) is 1. The molecule has 1 aromatic heterocycles. The lowest BCUT2D eigenvalue weighted by Crippen LogP contribution is -2.50. The number of fused-ring (bicyclic) bond motifs is 1. The van der Waals surface area contributed by atoms with Crippen LogP contribution in [-0.2, 0) is 14.8 Å². The molecule has 1 fully saturated rings. The van der Waals surface area contributed by atoms with Crippen LogP contribution in [0, 0.1) is 0 Å². The number of nitrogens with zero attached hydrogens (tertiary/aromatic N) is 4. The standard InChI is InChI=1S/C20H23N5O4S2/c1-2-29-15-6-8-16(9-7-15)31(27,28)25-12-10-24(11-13-25)14-19(26)21-17-4-3-5-18-20(17)23-30-22-18/h3-9H,2,10-14H2,1H3,(H,21,26). The van der Waals surface area contributed by atoms with E-state index < -0.39 is 10.0 Å². The molecule has 31 heavy (non-hydrogen) atoms. The Labute approximate surface area is 185 Å². The summed E-state index contributed by atoms with van der Waals surface area (Å²) in [6, 6.07) is 11.9. The Morgan fingerprint density at radius 1 is 1.10 bits per heavy atom. The van der Waals surface area contributed by atoms with Gasteiger partial charge in [-0.2, -0.15) is 13.1 Å². The fourth-order valence-corrected chi connectivity index (χ4v) is 5.42. The van der Waals surface area contributed by atoms with Gasteiger partial charge in [-0.15, -0.1) is 0 Å². The smallest absolute Gasteiger partial charge is 0.243 e. The maximum absolute atomic E-state index is 12.9. The quantitative estimate of drug-likeness (QED) is 0.574. The molecule has 0 aliphatic carbocycles. The van der Waals surface area contributed by atoms with Gasteiger partial charge in [0.1, 0.15) is 16.8 Å². The van der Waals surface area contributed by atoms with Crippen LogP contribution < -0.4 is 10.1 Å². The zero-order chi connectivity index (χ0) is 21.8. The molecule has 1 aliphatic heterocycles. The van der Waals surface area contributed by atoms with E-state index in [0.29, 0.717) is 49.7 Å². The van der Waals surface area contributed by atoms with E-state index in [1.54, 1.807) is 30.3 Å². The van der Waals surface area contributed by atoms with Crippen molar-refractivity contribution in [1.82, 2.24) is 18.0 Å². The molecule has 1 saturated heterocycles. The van der Waals surface area contributed by atoms with Crippen LogP contribution >= 0.6 is 11.7 Å². The lowest BCUT2D eigenvalue weighted by molar-refractivity contribution is -0.117. The third-order valence-corrected chi connectivity index (χ3v) is 7.49. The van der Waals surface area contributed by atoms with Crippen LogP contribution in [0.4, 0.5) is 5.69 Å². The number of aromatic nitrogens is 2. The number of anilines is 1. The van der Waals surface area contributed by atoms with Gasteiger partial charge in [0.05, 0.1) is 35.5 Å². The van der Waals surface area contributed by atoms with Crippen LogP contribution in [-0.4, -0.2) is 71.6 Å². The van der Waals surface area contributed by atoms with E-state index >= 15 is 0 Å². The molecule has 9 nitrogen and oxygen atoms in total. The Balaban J connectivity index is 1.32. The minimum absolute atomic E-state index is 0.164. The maximum Gasteiger partial charge on any atom is 0.243 e. The van der Waals surface area contributed by atoms with E-state index in [4.69, 9.17) is 4.74 Å². The van der Waals surface area contributed by atoms with Crippen LogP contribution in [0.1, 0.15) is 6.92 Å². The summed E-state index contributed by atoms with van der Waals surface area (Å²) in [6.07, 6.45) is 0. The third kappa shape index (κ3) is 4.85. The first kappa shape index (κ1) is 21.6. The van der Waals surface area contributed by atoms with Gasteiger partial charge < -0.3 is 10.1 Å². The van der Waals surface area contributed by atoms with Crippen LogP contribution in [0.2, 0.25) is 0 Å². The second-order valence-corrected chi connectivity index (χ2v) is 9.54. The first-order chi connectivity index (χ1) is 15.0. The van der Waals surface area contributed by atoms with Crippen molar-refractivity contribution in [2.24, 2.45) is 0 Å². The molecule has 1 aliphatic rings. The third-order valence-electron chi connectivity index (χ3n) is 5.03. The predicted molar refractivity (Wildman–Crippen MR) is 119 cm³/mol. The van der Waals surface area contributed by atoms with E-state index in [1.165, 1.54) is 4.31 Å². The fraction of sp³-hybridized carbons (Fsp3) is 0.350. The molecule has 11 heteroatoms. The number of amides is 1. The molecule has 164 valence electrons. The number of hydrogen-bond acceptors (Lipinski definition) is 8. The van der Waals surface area contributed by atoms with Crippen molar-refractivity contribution in [3.8, 4) is 5.75 Å². The van der Waals surface area contributed by atoms with E-state index in [0.717, 1.165) is 17.2 Å². The molecule has 2 heterocycles. The SMILES string of the molecule is CCOc1ccc(S(=O)(=O)N2CCN(CC(=O)Nc3cccc4nsnc34)CC2)cc1. The number of carbonyl (C=O) groups is 1. The lowest BCUT2D eigenvalue weighted by Gasteiger charge is -2.33. The molecule has 0 unspecified atom stereocenters. The summed E-state index contributed by atoms with van der Waals surface area (Å²) in [5.74, 6) is 0.477. The van der Waals surface area contributed by atoms with Crippen molar-refractivity contribution in [1.29, 1.82) is 0 Å². The van der Waals surface area contributed by atoms with E-state index in [-0.39, 0.29) is 17.3 Å². The first-order valence-corrected chi connectivity index (χ1v) is 12.1. The highest BCUT2D eigenvalue weighted by atomic mass is 32.2. The average Bonchev–Trinajstić information content (AvgIpc) is 3.25. The van der Waals surface area contributed by atoms with Crippen LogP contribution in [0.15, 0.2) is 47.4 Å². The largest absolute Gasteiger partial charge is 0.494 e. The van der Waals surface area contributed by atoms with E-state index in [2.05, 4.69) is 14.1 Å². The predicted octanol–water partition coefficient (Wildman–Crippen LogP) is 2.03. The number of rotatable bonds is 7. The number of carbonyl (C=O) groups excluding carboxylic acids is 1. The Bertz CT molecular complexity index is 1160. The normalized spacial score (nSPS) is 15.8. The number of nitrogens with one attached hydrogen (secondary N) is 1. The molecule has 0 radical (unpaired) electrons. The van der Waals surface area contributed by atoms with Crippen molar-refractivity contribution in [2.75, 3.05) is 44.6 Å². The molecule has 0 bridgehead atoms. The monoisotopic (exact) mass is 461 g/mol. The van der Waals surface area contributed by atoms with Crippen molar-refractivity contribution >= 4 is 44.4 Å². The van der Waals surface area contributed by atoms with Crippen molar-refractivity contribution in [3.63, 3.8) is 0 Å². The Morgan fingerprint density at radius 2 is 1.84 bits per heavy atom. The van der Waals surface area contributed by atoms with Crippen LogP contribution in [0.25, 0.3) is 11.0 Å². The highest BCUT2D eigenvalue weighted by Crippen LogP contribution is 2.22. The summed E-state index contributed by atoms with van der Waals surface area (Å²) in [5.41, 5.74) is 2.05. The average molecular weight is 462 g/mol. The maximum atomic E-state index is 12.9. The zero-order valence-corrected chi connectivity index (χ0v) is 18.7. The molecule has 0 saturated carbocycles. The number of hydrogen-bond donors (Lipinski definition) is 1. The first-order valence-electron chi connectivity index (χ1n) is 9.94. The topological polar surface area (TPSA) is 105 Å². The molecular weight excluding hydrogens is 438 g/mol. The van der Waals surface area contributed by atoms with Gasteiger partial charge in [0.15, 0.2) is 0 Å². The Morgan fingerprint density at radius 3 is 2.55 bits per heavy atom. The highest BCUT2D eigenvalue weighted by Gasteiger charge is 2.29. The second-order valence-electron chi connectivity index (χ2n) is 7.07. The molecule has 1 amide bonds. The van der Waals surface area contributed by atoms with Crippen molar-refractivity contribution in [3.05, 3.63) is 42.5 Å². The Kier molecular flexibility index (Phi) is 6.46. The molecule has 3 aromatic rings. The molecule has 4 rings (SSSR count). The minimum atomic E-state index is -3.58. The van der Waals surface area contributed by atoms with Gasteiger partial charge in [-0.05, 0) is 43.3 Å². The number of benzene rings is 2. The summed E-state index contributed by atoms with van der Waals surface area (Å²) < 4.78 is 41.0. The lowest BCUT2D eigenvalue weighted by atomic mass is 10.2. The van der Waals surface area contributed by atoms with E-state index in [9.17, 15) is 13.2 Å². The summed E-state index contributed by atoms with van der Waals surface area (Å²) in [6.45, 7) is 4.20. The van der Waals surface area contributed by atoms with Gasteiger partial charge in [0.2, 0.25) is 15.9 Å². The van der Waals surface area contributed by atoms with Crippen LogP contribution in [0.5, 0.6) is 5.75 Å². The summed E-state index contributed by atoms with van der Waals surface area (Å²) >= 11 is 1.10. The van der Waals surface area contributed by atoms with Crippen molar-refractivity contribution < 1.29 is 17.9 Å².